The van der Waals surface area contributed by atoms with Gasteiger partial charge in [0.1, 0.15) is 0 Å². The second-order valence-electron chi connectivity index (χ2n) is 7.02. The normalized spacial score (nSPS) is 27.4. The van der Waals surface area contributed by atoms with E-state index in [4.69, 9.17) is 0 Å². The third-order valence-electron chi connectivity index (χ3n) is 5.39. The van der Waals surface area contributed by atoms with Crippen molar-refractivity contribution >= 4 is 15.7 Å². The number of sulfonamides is 1. The number of hydrogen-bond acceptors (Lipinski definition) is 3. The molecule has 0 radical (unpaired) electrons. The lowest BCUT2D eigenvalue weighted by atomic mass is 9.86. The van der Waals surface area contributed by atoms with Crippen LogP contribution in [0.4, 0.5) is 0 Å². The highest BCUT2D eigenvalue weighted by Gasteiger charge is 2.40. The summed E-state index contributed by atoms with van der Waals surface area (Å²) < 4.78 is 24.7. The Morgan fingerprint density at radius 1 is 1.22 bits per heavy atom. The fourth-order valence-corrected chi connectivity index (χ4v) is 5.01. The first-order chi connectivity index (χ1) is 11.0. The van der Waals surface area contributed by atoms with Crippen molar-refractivity contribution in [2.24, 2.45) is 22.9 Å². The van der Waals surface area contributed by atoms with E-state index < -0.39 is 10.0 Å². The Morgan fingerprint density at radius 3 is 2.52 bits per heavy atom. The Balaban J connectivity index is 1.67. The zero-order valence-corrected chi connectivity index (χ0v) is 14.8. The van der Waals surface area contributed by atoms with E-state index in [0.29, 0.717) is 11.8 Å². The molecule has 4 nitrogen and oxygen atoms in total. The fraction of sp³-hybridized carbons (Fsp3) is 0.611. The molecule has 2 aliphatic rings. The van der Waals surface area contributed by atoms with Crippen LogP contribution < -0.4 is 4.83 Å². The second-order valence-corrected chi connectivity index (χ2v) is 8.68. The average Bonchev–Trinajstić information content (AvgIpc) is 3.17. The van der Waals surface area contributed by atoms with Crippen molar-refractivity contribution < 1.29 is 8.42 Å². The molecule has 2 aliphatic carbocycles. The average molecular weight is 334 g/mol. The number of fused-ring (bicyclic) bond motifs is 2. The molecule has 1 N–H and O–H groups in total. The molecule has 0 saturated heterocycles. The maximum absolute atomic E-state index is 12.4. The number of nitrogens with zero attached hydrogens (tertiary/aromatic N) is 1. The van der Waals surface area contributed by atoms with Crippen LogP contribution in [0, 0.1) is 17.8 Å². The van der Waals surface area contributed by atoms with Crippen LogP contribution in [0.2, 0.25) is 0 Å². The molecule has 5 heteroatoms. The first kappa shape index (κ1) is 16.5. The minimum Gasteiger partial charge on any atom is -0.200 e. The number of hydrazone groups is 1. The molecule has 0 aromatic heterocycles. The first-order valence-corrected chi connectivity index (χ1v) is 10.1. The summed E-state index contributed by atoms with van der Waals surface area (Å²) >= 11 is 0. The standard InChI is InChI=1S/C18H26N2O2S/c1-3-4-14-6-9-17(10-7-14)23(21,22)20-19-13(2)18-12-15-5-8-16(18)11-15/h6-7,9-10,15-16,18,20H,3-5,8,11-12H2,1-2H3/b19-13-/t15-,16+,18+/m0/s1. The van der Waals surface area contributed by atoms with Crippen LogP contribution in [0.1, 0.15) is 51.5 Å². The molecule has 3 rings (SSSR count). The summed E-state index contributed by atoms with van der Waals surface area (Å²) in [4.78, 5) is 2.70. The Bertz CT molecular complexity index is 679. The highest BCUT2D eigenvalue weighted by Crippen LogP contribution is 2.48. The molecule has 1 aromatic rings. The molecule has 0 heterocycles. The van der Waals surface area contributed by atoms with Crippen LogP contribution in [0.3, 0.4) is 0 Å². The van der Waals surface area contributed by atoms with Crippen molar-refractivity contribution in [2.75, 3.05) is 0 Å². The Hall–Kier alpha value is -1.36. The van der Waals surface area contributed by atoms with Crippen LogP contribution in [0.5, 0.6) is 0 Å². The maximum Gasteiger partial charge on any atom is 0.276 e. The molecule has 1 aromatic carbocycles. The lowest BCUT2D eigenvalue weighted by Gasteiger charge is -2.21. The van der Waals surface area contributed by atoms with Crippen molar-refractivity contribution in [1.29, 1.82) is 0 Å². The molecule has 23 heavy (non-hydrogen) atoms. The summed E-state index contributed by atoms with van der Waals surface area (Å²) in [6.45, 7) is 4.07. The van der Waals surface area contributed by atoms with Gasteiger partial charge in [-0.1, -0.05) is 31.9 Å². The molecule has 0 amide bonds. The summed E-state index contributed by atoms with van der Waals surface area (Å²) in [6, 6.07) is 7.08. The highest BCUT2D eigenvalue weighted by molar-refractivity contribution is 7.89. The SMILES string of the molecule is CCCc1ccc(S(=O)(=O)N/N=C(/C)[C@H]2C[C@H]3CC[C@@H]2C3)cc1. The van der Waals surface area contributed by atoms with Crippen molar-refractivity contribution in [3.8, 4) is 0 Å². The molecular formula is C18H26N2O2S. The van der Waals surface area contributed by atoms with Crippen LogP contribution in [0.25, 0.3) is 0 Å². The molecule has 2 saturated carbocycles. The Labute approximate surface area is 139 Å². The predicted molar refractivity (Wildman–Crippen MR) is 92.8 cm³/mol. The van der Waals surface area contributed by atoms with Crippen LogP contribution in [-0.2, 0) is 16.4 Å². The zero-order valence-electron chi connectivity index (χ0n) is 14.0. The number of benzene rings is 1. The molecule has 2 bridgehead atoms. The van der Waals surface area contributed by atoms with Crippen LogP contribution in [-0.4, -0.2) is 14.1 Å². The van der Waals surface area contributed by atoms with Gasteiger partial charge in [-0.15, -0.1) is 0 Å². The van der Waals surface area contributed by atoms with E-state index in [1.165, 1.54) is 25.7 Å². The van der Waals surface area contributed by atoms with Gasteiger partial charge in [0, 0.05) is 11.6 Å². The predicted octanol–water partition coefficient (Wildman–Crippen LogP) is 3.73. The largest absolute Gasteiger partial charge is 0.276 e. The molecule has 0 aliphatic heterocycles. The lowest BCUT2D eigenvalue weighted by molar-refractivity contribution is 0.413. The third-order valence-corrected chi connectivity index (χ3v) is 6.61. The van der Waals surface area contributed by atoms with Gasteiger partial charge in [-0.25, -0.2) is 4.83 Å². The van der Waals surface area contributed by atoms with E-state index in [1.807, 2.05) is 19.1 Å². The van der Waals surface area contributed by atoms with Crippen molar-refractivity contribution in [3.05, 3.63) is 29.8 Å². The van der Waals surface area contributed by atoms with Crippen molar-refractivity contribution in [1.82, 2.24) is 4.83 Å². The lowest BCUT2D eigenvalue weighted by Crippen LogP contribution is -2.24. The van der Waals surface area contributed by atoms with E-state index in [1.54, 1.807) is 12.1 Å². The maximum atomic E-state index is 12.4. The molecular weight excluding hydrogens is 308 g/mol. The van der Waals surface area contributed by atoms with Gasteiger partial charge in [-0.05, 0) is 62.1 Å². The molecule has 0 unspecified atom stereocenters. The number of nitrogens with one attached hydrogen (secondary N) is 1. The summed E-state index contributed by atoms with van der Waals surface area (Å²) in [6.07, 6.45) is 7.10. The van der Waals surface area contributed by atoms with Crippen LogP contribution >= 0.6 is 0 Å². The summed E-state index contributed by atoms with van der Waals surface area (Å²) in [5.74, 6) is 2.00. The van der Waals surface area contributed by atoms with Gasteiger partial charge in [-0.2, -0.15) is 13.5 Å². The summed E-state index contributed by atoms with van der Waals surface area (Å²) in [5, 5.41) is 4.21. The van der Waals surface area contributed by atoms with Gasteiger partial charge in [-0.3, -0.25) is 0 Å². The van der Waals surface area contributed by atoms with Gasteiger partial charge in [0.15, 0.2) is 0 Å². The van der Waals surface area contributed by atoms with E-state index >= 15 is 0 Å². The third kappa shape index (κ3) is 3.60. The van der Waals surface area contributed by atoms with E-state index in [-0.39, 0.29) is 4.90 Å². The number of hydrogen-bond donors (Lipinski definition) is 1. The van der Waals surface area contributed by atoms with Crippen molar-refractivity contribution in [3.63, 3.8) is 0 Å². The highest BCUT2D eigenvalue weighted by atomic mass is 32.2. The van der Waals surface area contributed by atoms with Gasteiger partial charge in [0.05, 0.1) is 4.90 Å². The van der Waals surface area contributed by atoms with Gasteiger partial charge in [0.25, 0.3) is 10.0 Å². The van der Waals surface area contributed by atoms with Crippen LogP contribution in [0.15, 0.2) is 34.3 Å². The molecule has 3 atom stereocenters. The second kappa shape index (κ2) is 6.63. The van der Waals surface area contributed by atoms with E-state index in [0.717, 1.165) is 30.0 Å². The fourth-order valence-electron chi connectivity index (χ4n) is 4.15. The molecule has 126 valence electrons. The quantitative estimate of drug-likeness (QED) is 0.636. The monoisotopic (exact) mass is 334 g/mol. The number of rotatable bonds is 6. The minimum absolute atomic E-state index is 0.279. The Kier molecular flexibility index (Phi) is 4.76. The van der Waals surface area contributed by atoms with Gasteiger partial charge in [0.2, 0.25) is 0 Å². The van der Waals surface area contributed by atoms with E-state index in [2.05, 4.69) is 16.9 Å². The molecule has 0 spiro atoms. The first-order valence-electron chi connectivity index (χ1n) is 8.64. The zero-order chi connectivity index (χ0) is 16.4. The Morgan fingerprint density at radius 2 is 1.96 bits per heavy atom. The summed E-state index contributed by atoms with van der Waals surface area (Å²) in [7, 11) is -3.57. The number of aryl methyl sites for hydroxylation is 1. The summed E-state index contributed by atoms with van der Waals surface area (Å²) in [5.41, 5.74) is 2.09. The smallest absolute Gasteiger partial charge is 0.200 e. The minimum atomic E-state index is -3.57. The topological polar surface area (TPSA) is 58.5 Å². The van der Waals surface area contributed by atoms with Crippen molar-refractivity contribution in [2.45, 2.75) is 57.3 Å². The van der Waals surface area contributed by atoms with E-state index in [9.17, 15) is 8.42 Å². The van der Waals surface area contributed by atoms with Gasteiger partial charge < -0.3 is 0 Å². The van der Waals surface area contributed by atoms with Gasteiger partial charge >= 0.3 is 0 Å². The molecule has 2 fully saturated rings.